The number of amides is 1. The van der Waals surface area contributed by atoms with E-state index in [1.807, 2.05) is 55.5 Å². The summed E-state index contributed by atoms with van der Waals surface area (Å²) in [6, 6.07) is 21.7. The Labute approximate surface area is 196 Å². The van der Waals surface area contributed by atoms with E-state index in [0.717, 1.165) is 32.4 Å². The number of halogens is 2. The maximum atomic E-state index is 13.0. The van der Waals surface area contributed by atoms with Crippen molar-refractivity contribution in [2.75, 3.05) is 6.54 Å². The minimum Gasteiger partial charge on any atom is -0.489 e. The predicted octanol–water partition coefficient (Wildman–Crippen LogP) is 4.80. The summed E-state index contributed by atoms with van der Waals surface area (Å²) in [6.45, 7) is 2.99. The summed E-state index contributed by atoms with van der Waals surface area (Å²) in [4.78, 5) is 12.0. The molecule has 162 valence electrons. The van der Waals surface area contributed by atoms with Gasteiger partial charge < -0.3 is 15.8 Å². The van der Waals surface area contributed by atoms with Gasteiger partial charge in [-0.05, 0) is 82.6 Å². The first kappa shape index (κ1) is 23.2. The third kappa shape index (κ3) is 6.77. The first-order valence-electron chi connectivity index (χ1n) is 10.2. The molecule has 2 atom stereocenters. The van der Waals surface area contributed by atoms with Crippen molar-refractivity contribution in [3.05, 3.63) is 98.9 Å². The summed E-state index contributed by atoms with van der Waals surface area (Å²) < 4.78 is 20.0. The highest BCUT2D eigenvalue weighted by Crippen LogP contribution is 2.22. The molecule has 6 heteroatoms. The molecule has 3 N–H and O–H groups in total. The van der Waals surface area contributed by atoms with Gasteiger partial charge >= 0.3 is 0 Å². The molecule has 0 aliphatic heterocycles. The summed E-state index contributed by atoms with van der Waals surface area (Å²) in [6.07, 6.45) is 0.733. The highest BCUT2D eigenvalue weighted by molar-refractivity contribution is 14.1. The van der Waals surface area contributed by atoms with Crippen LogP contribution in [0.5, 0.6) is 5.75 Å². The second kappa shape index (κ2) is 11.2. The number of hydrogen-bond acceptors (Lipinski definition) is 3. The molecule has 31 heavy (non-hydrogen) atoms. The molecule has 4 nitrogen and oxygen atoms in total. The number of nitrogens with two attached hydrogens (primary N) is 1. The van der Waals surface area contributed by atoms with Gasteiger partial charge in [-0.1, -0.05) is 49.4 Å². The van der Waals surface area contributed by atoms with Crippen LogP contribution < -0.4 is 15.8 Å². The Hall–Kier alpha value is -2.45. The smallest absolute Gasteiger partial charge is 0.235 e. The van der Waals surface area contributed by atoms with Crippen molar-refractivity contribution < 1.29 is 13.9 Å². The molecule has 1 unspecified atom stereocenters. The zero-order chi connectivity index (χ0) is 22.2. The molecule has 0 saturated carbocycles. The number of rotatable bonds is 10. The maximum absolute atomic E-state index is 13.0. The number of nitrogens with one attached hydrogen (secondary N) is 1. The molecule has 0 aliphatic rings. The Balaban J connectivity index is 1.59. The molecular weight excluding hydrogens is 506 g/mol. The van der Waals surface area contributed by atoms with E-state index in [0.29, 0.717) is 13.2 Å². The van der Waals surface area contributed by atoms with Crippen LogP contribution in [0.2, 0.25) is 0 Å². The molecule has 3 aromatic rings. The fourth-order valence-corrected chi connectivity index (χ4v) is 4.02. The molecule has 0 aromatic heterocycles. The monoisotopic (exact) mass is 532 g/mol. The van der Waals surface area contributed by atoms with E-state index in [1.165, 1.54) is 12.1 Å². The van der Waals surface area contributed by atoms with Crippen LogP contribution in [0.25, 0.3) is 0 Å². The molecule has 0 spiro atoms. The molecule has 3 rings (SSSR count). The highest BCUT2D eigenvalue weighted by Gasteiger charge is 2.23. The fourth-order valence-electron chi connectivity index (χ4n) is 3.41. The largest absolute Gasteiger partial charge is 0.489 e. The summed E-state index contributed by atoms with van der Waals surface area (Å²) in [5, 5.41) is 3.32. The van der Waals surface area contributed by atoms with Crippen molar-refractivity contribution in [3.8, 4) is 5.75 Å². The van der Waals surface area contributed by atoms with E-state index in [1.54, 1.807) is 12.1 Å². The number of ether oxygens (including phenoxy) is 1. The molecule has 0 aliphatic carbocycles. The number of carbonyl (C=O) groups excluding carboxylic acids is 1. The van der Waals surface area contributed by atoms with Gasteiger partial charge in [-0.15, -0.1) is 0 Å². The molecule has 0 radical (unpaired) electrons. The molecule has 3 aromatic carbocycles. The summed E-state index contributed by atoms with van der Waals surface area (Å²) >= 11 is 2.30. The van der Waals surface area contributed by atoms with E-state index >= 15 is 0 Å². The Morgan fingerprint density at radius 2 is 1.81 bits per heavy atom. The predicted molar refractivity (Wildman–Crippen MR) is 129 cm³/mol. The lowest BCUT2D eigenvalue weighted by molar-refractivity contribution is -0.120. The number of carbonyl (C=O) groups is 1. The third-order valence-corrected chi connectivity index (χ3v) is 6.28. The molecule has 0 saturated heterocycles. The van der Waals surface area contributed by atoms with E-state index < -0.39 is 6.04 Å². The third-order valence-electron chi connectivity index (χ3n) is 5.23. The summed E-state index contributed by atoms with van der Waals surface area (Å²) in [5.41, 5.74) is 8.77. The quantitative estimate of drug-likeness (QED) is 0.369. The standard InChI is InChI=1S/C25H26FIN2O2/c1-17(19-5-3-2-4-6-19)24(25(28)30)29-14-13-20-15-22(11-12-23(20)27)31-16-18-7-9-21(26)10-8-18/h2-12,15,17,24,29H,13-14,16H2,1H3,(H2,28,30)/t17?,24-/m0/s1. The van der Waals surface area contributed by atoms with Gasteiger partial charge in [-0.2, -0.15) is 0 Å². The second-order valence-electron chi connectivity index (χ2n) is 7.45. The maximum Gasteiger partial charge on any atom is 0.235 e. The molecule has 0 heterocycles. The van der Waals surface area contributed by atoms with Crippen LogP contribution in [0.1, 0.15) is 29.5 Å². The Morgan fingerprint density at radius 1 is 1.10 bits per heavy atom. The van der Waals surface area contributed by atoms with Crippen LogP contribution >= 0.6 is 22.6 Å². The fraction of sp³-hybridized carbons (Fsp3) is 0.240. The van der Waals surface area contributed by atoms with Crippen molar-refractivity contribution in [1.82, 2.24) is 5.32 Å². The van der Waals surface area contributed by atoms with Crippen molar-refractivity contribution in [3.63, 3.8) is 0 Å². The number of hydrogen-bond donors (Lipinski definition) is 2. The van der Waals surface area contributed by atoms with Gasteiger partial charge in [0.1, 0.15) is 18.2 Å². The minimum atomic E-state index is -0.446. The van der Waals surface area contributed by atoms with Crippen LogP contribution in [0, 0.1) is 9.39 Å². The summed E-state index contributed by atoms with van der Waals surface area (Å²) in [5.74, 6) is 0.109. The van der Waals surface area contributed by atoms with Crippen LogP contribution in [0.3, 0.4) is 0 Å². The number of benzene rings is 3. The zero-order valence-electron chi connectivity index (χ0n) is 17.4. The van der Waals surface area contributed by atoms with Crippen molar-refractivity contribution >= 4 is 28.5 Å². The molecule has 0 fully saturated rings. The first-order chi connectivity index (χ1) is 14.9. The average molecular weight is 532 g/mol. The van der Waals surface area contributed by atoms with Crippen molar-refractivity contribution in [1.29, 1.82) is 0 Å². The van der Waals surface area contributed by atoms with Gasteiger partial charge in [-0.3, -0.25) is 4.79 Å². The van der Waals surface area contributed by atoms with Gasteiger partial charge in [0, 0.05) is 9.49 Å². The van der Waals surface area contributed by atoms with Crippen LogP contribution in [-0.4, -0.2) is 18.5 Å². The van der Waals surface area contributed by atoms with E-state index in [4.69, 9.17) is 10.5 Å². The Morgan fingerprint density at radius 3 is 2.48 bits per heavy atom. The average Bonchev–Trinajstić information content (AvgIpc) is 2.78. The first-order valence-corrected chi connectivity index (χ1v) is 11.2. The SMILES string of the molecule is CC(c1ccccc1)[C@H](NCCc1cc(OCc2ccc(F)cc2)ccc1I)C(N)=O. The lowest BCUT2D eigenvalue weighted by Gasteiger charge is -2.23. The van der Waals surface area contributed by atoms with Crippen molar-refractivity contribution in [2.24, 2.45) is 5.73 Å². The van der Waals surface area contributed by atoms with E-state index in [2.05, 4.69) is 27.9 Å². The lowest BCUT2D eigenvalue weighted by Crippen LogP contribution is -2.45. The lowest BCUT2D eigenvalue weighted by atomic mass is 9.92. The topological polar surface area (TPSA) is 64.3 Å². The van der Waals surface area contributed by atoms with Crippen LogP contribution in [0.4, 0.5) is 4.39 Å². The van der Waals surface area contributed by atoms with Crippen molar-refractivity contribution in [2.45, 2.75) is 31.9 Å². The molecular formula is C25H26FIN2O2. The van der Waals surface area contributed by atoms with Gasteiger partial charge in [0.15, 0.2) is 0 Å². The molecule has 0 bridgehead atoms. The van der Waals surface area contributed by atoms with Gasteiger partial charge in [0.2, 0.25) is 5.91 Å². The number of primary amides is 1. The van der Waals surface area contributed by atoms with Crippen LogP contribution in [0.15, 0.2) is 72.8 Å². The van der Waals surface area contributed by atoms with Gasteiger partial charge in [0.05, 0.1) is 6.04 Å². The minimum absolute atomic E-state index is 0.0249. The second-order valence-corrected chi connectivity index (χ2v) is 8.61. The van der Waals surface area contributed by atoms with E-state index in [9.17, 15) is 9.18 Å². The van der Waals surface area contributed by atoms with Gasteiger partial charge in [-0.25, -0.2) is 4.39 Å². The zero-order valence-corrected chi connectivity index (χ0v) is 19.5. The van der Waals surface area contributed by atoms with Crippen LogP contribution in [-0.2, 0) is 17.8 Å². The molecule has 1 amide bonds. The highest BCUT2D eigenvalue weighted by atomic mass is 127. The van der Waals surface area contributed by atoms with E-state index in [-0.39, 0.29) is 17.6 Å². The summed E-state index contributed by atoms with van der Waals surface area (Å²) in [7, 11) is 0. The van der Waals surface area contributed by atoms with Gasteiger partial charge in [0.25, 0.3) is 0 Å². The Bertz CT molecular complexity index is 996. The normalized spacial score (nSPS) is 12.9. The Kier molecular flexibility index (Phi) is 8.43.